The van der Waals surface area contributed by atoms with E-state index in [0.29, 0.717) is 6.42 Å². The lowest BCUT2D eigenvalue weighted by atomic mass is 10.0. The van der Waals surface area contributed by atoms with Gasteiger partial charge in [0.2, 0.25) is 0 Å². The lowest BCUT2D eigenvalue weighted by molar-refractivity contribution is -0.136. The van der Waals surface area contributed by atoms with Gasteiger partial charge in [0.15, 0.2) is 0 Å². The van der Waals surface area contributed by atoms with E-state index in [2.05, 4.69) is 22.0 Å². The predicted octanol–water partition coefficient (Wildman–Crippen LogP) is 2.69. The lowest BCUT2D eigenvalue weighted by Crippen LogP contribution is -2.15. The molecule has 0 radical (unpaired) electrons. The SMILES string of the molecule is Cc1cc(C)cc(C[C@@H](Br)C(=O)O)c1. The van der Waals surface area contributed by atoms with Crippen molar-refractivity contribution in [3.63, 3.8) is 0 Å². The number of alkyl halides is 1. The first-order valence-corrected chi connectivity index (χ1v) is 5.34. The topological polar surface area (TPSA) is 37.3 Å². The molecular formula is C11H13BrO2. The first kappa shape index (κ1) is 11.2. The van der Waals surface area contributed by atoms with Crippen molar-refractivity contribution in [2.75, 3.05) is 0 Å². The summed E-state index contributed by atoms with van der Waals surface area (Å²) >= 11 is 3.13. The summed E-state index contributed by atoms with van der Waals surface area (Å²) in [7, 11) is 0. The van der Waals surface area contributed by atoms with Crippen molar-refractivity contribution in [1.29, 1.82) is 0 Å². The molecule has 3 heteroatoms. The van der Waals surface area contributed by atoms with E-state index < -0.39 is 10.8 Å². The Morgan fingerprint density at radius 3 is 2.29 bits per heavy atom. The second-order valence-corrected chi connectivity index (χ2v) is 4.61. The number of carboxylic acid groups (broad SMARTS) is 1. The van der Waals surface area contributed by atoms with Crippen LogP contribution >= 0.6 is 15.9 Å². The largest absolute Gasteiger partial charge is 0.480 e. The van der Waals surface area contributed by atoms with Crippen LogP contribution in [0.3, 0.4) is 0 Å². The number of hydrogen-bond acceptors (Lipinski definition) is 1. The highest BCUT2D eigenvalue weighted by molar-refractivity contribution is 9.10. The molecule has 1 aromatic carbocycles. The molecule has 76 valence electrons. The van der Waals surface area contributed by atoms with Gasteiger partial charge in [0.25, 0.3) is 0 Å². The van der Waals surface area contributed by atoms with E-state index in [-0.39, 0.29) is 0 Å². The molecule has 0 aliphatic heterocycles. The molecule has 2 nitrogen and oxygen atoms in total. The van der Waals surface area contributed by atoms with Crippen molar-refractivity contribution in [1.82, 2.24) is 0 Å². The van der Waals surface area contributed by atoms with Crippen LogP contribution in [0.25, 0.3) is 0 Å². The molecule has 0 amide bonds. The minimum Gasteiger partial charge on any atom is -0.480 e. The molecule has 0 saturated heterocycles. The monoisotopic (exact) mass is 256 g/mol. The third-order valence-electron chi connectivity index (χ3n) is 1.96. The maximum Gasteiger partial charge on any atom is 0.317 e. The molecule has 0 aliphatic rings. The third kappa shape index (κ3) is 3.14. The predicted molar refractivity (Wildman–Crippen MR) is 60.0 cm³/mol. The third-order valence-corrected chi connectivity index (χ3v) is 2.68. The van der Waals surface area contributed by atoms with Crippen LogP contribution < -0.4 is 0 Å². The fourth-order valence-electron chi connectivity index (χ4n) is 1.48. The van der Waals surface area contributed by atoms with Gasteiger partial charge in [-0.15, -0.1) is 0 Å². The molecule has 0 unspecified atom stereocenters. The van der Waals surface area contributed by atoms with E-state index in [0.717, 1.165) is 5.56 Å². The van der Waals surface area contributed by atoms with E-state index in [1.165, 1.54) is 11.1 Å². The number of hydrogen-bond donors (Lipinski definition) is 1. The summed E-state index contributed by atoms with van der Waals surface area (Å²) < 4.78 is 0. The Morgan fingerprint density at radius 1 is 1.36 bits per heavy atom. The van der Waals surface area contributed by atoms with Gasteiger partial charge < -0.3 is 5.11 Å². The van der Waals surface area contributed by atoms with Crippen LogP contribution in [0, 0.1) is 13.8 Å². The lowest BCUT2D eigenvalue weighted by Gasteiger charge is -2.06. The second-order valence-electron chi connectivity index (χ2n) is 3.51. The zero-order valence-electron chi connectivity index (χ0n) is 8.25. The van der Waals surface area contributed by atoms with Crippen LogP contribution in [-0.2, 0) is 11.2 Å². The molecule has 14 heavy (non-hydrogen) atoms. The van der Waals surface area contributed by atoms with Crippen LogP contribution in [0.15, 0.2) is 18.2 Å². The number of aryl methyl sites for hydroxylation is 2. The van der Waals surface area contributed by atoms with Crippen LogP contribution in [-0.4, -0.2) is 15.9 Å². The summed E-state index contributed by atoms with van der Waals surface area (Å²) in [6.07, 6.45) is 0.526. The van der Waals surface area contributed by atoms with Gasteiger partial charge in [-0.2, -0.15) is 0 Å². The molecule has 0 bridgehead atoms. The minimum atomic E-state index is -0.816. The highest BCUT2D eigenvalue weighted by atomic mass is 79.9. The highest BCUT2D eigenvalue weighted by Gasteiger charge is 2.13. The molecule has 0 fully saturated rings. The van der Waals surface area contributed by atoms with Gasteiger partial charge in [-0.3, -0.25) is 4.79 Å². The van der Waals surface area contributed by atoms with Crippen molar-refractivity contribution in [3.05, 3.63) is 34.9 Å². The maximum absolute atomic E-state index is 10.6. The van der Waals surface area contributed by atoms with Crippen molar-refractivity contribution < 1.29 is 9.90 Å². The van der Waals surface area contributed by atoms with Crippen molar-refractivity contribution >= 4 is 21.9 Å². The first-order chi connectivity index (χ1) is 6.49. The molecule has 1 atom stereocenters. The zero-order chi connectivity index (χ0) is 10.7. The fourth-order valence-corrected chi connectivity index (χ4v) is 1.85. The standard InChI is InChI=1S/C11H13BrO2/c1-7-3-8(2)5-9(4-7)6-10(12)11(13)14/h3-5,10H,6H2,1-2H3,(H,13,14)/t10-/m1/s1. The molecule has 0 aromatic heterocycles. The van der Waals surface area contributed by atoms with Crippen LogP contribution in [0.2, 0.25) is 0 Å². The Hall–Kier alpha value is -0.830. The molecule has 1 aromatic rings. The maximum atomic E-state index is 10.6. The minimum absolute atomic E-state index is 0.497. The molecule has 0 aliphatic carbocycles. The van der Waals surface area contributed by atoms with E-state index in [1.54, 1.807) is 0 Å². The normalized spacial score (nSPS) is 12.5. The summed E-state index contributed by atoms with van der Waals surface area (Å²) in [4.78, 5) is 10.1. The smallest absolute Gasteiger partial charge is 0.317 e. The number of aliphatic carboxylic acids is 1. The van der Waals surface area contributed by atoms with Gasteiger partial charge in [0, 0.05) is 0 Å². The number of carboxylic acids is 1. The van der Waals surface area contributed by atoms with Crippen LogP contribution in [0.5, 0.6) is 0 Å². The number of carbonyl (C=O) groups is 1. The molecule has 1 N–H and O–H groups in total. The average Bonchev–Trinajstić information content (AvgIpc) is 2.01. The van der Waals surface area contributed by atoms with E-state index in [1.807, 2.05) is 26.0 Å². The molecule has 0 heterocycles. The fraction of sp³-hybridized carbons (Fsp3) is 0.364. The Bertz CT molecular complexity index is 327. The van der Waals surface area contributed by atoms with Crippen molar-refractivity contribution in [2.24, 2.45) is 0 Å². The van der Waals surface area contributed by atoms with Crippen molar-refractivity contribution in [3.8, 4) is 0 Å². The van der Waals surface area contributed by atoms with Crippen LogP contribution in [0.4, 0.5) is 0 Å². The number of halogens is 1. The van der Waals surface area contributed by atoms with Crippen molar-refractivity contribution in [2.45, 2.75) is 25.1 Å². The highest BCUT2D eigenvalue weighted by Crippen LogP contribution is 2.14. The van der Waals surface area contributed by atoms with Gasteiger partial charge in [-0.05, 0) is 25.8 Å². The number of rotatable bonds is 3. The summed E-state index contributed by atoms with van der Waals surface area (Å²) in [5.41, 5.74) is 3.40. The van der Waals surface area contributed by atoms with Gasteiger partial charge in [0.05, 0.1) is 0 Å². The van der Waals surface area contributed by atoms with Crippen LogP contribution in [0.1, 0.15) is 16.7 Å². The second kappa shape index (κ2) is 4.60. The summed E-state index contributed by atoms with van der Waals surface area (Å²) in [6, 6.07) is 6.11. The van der Waals surface area contributed by atoms with E-state index in [9.17, 15) is 4.79 Å². The van der Waals surface area contributed by atoms with Gasteiger partial charge in [-0.1, -0.05) is 45.3 Å². The van der Waals surface area contributed by atoms with E-state index in [4.69, 9.17) is 5.11 Å². The Balaban J connectivity index is 2.81. The zero-order valence-corrected chi connectivity index (χ0v) is 9.84. The van der Waals surface area contributed by atoms with Gasteiger partial charge in [-0.25, -0.2) is 0 Å². The summed E-state index contributed by atoms with van der Waals surface area (Å²) in [5.74, 6) is -0.816. The Kier molecular flexibility index (Phi) is 3.69. The van der Waals surface area contributed by atoms with Gasteiger partial charge in [0.1, 0.15) is 4.83 Å². The summed E-state index contributed by atoms with van der Waals surface area (Å²) in [6.45, 7) is 4.03. The molecule has 0 saturated carbocycles. The number of benzene rings is 1. The Labute approximate surface area is 92.1 Å². The van der Waals surface area contributed by atoms with E-state index >= 15 is 0 Å². The molecule has 0 spiro atoms. The Morgan fingerprint density at radius 2 is 1.86 bits per heavy atom. The quantitative estimate of drug-likeness (QED) is 0.845. The molecular weight excluding hydrogens is 244 g/mol. The van der Waals surface area contributed by atoms with Gasteiger partial charge >= 0.3 is 5.97 Å². The summed E-state index contributed by atoms with van der Waals surface area (Å²) in [5, 5.41) is 8.74. The first-order valence-electron chi connectivity index (χ1n) is 4.43. The average molecular weight is 257 g/mol. The molecule has 1 rings (SSSR count).